The van der Waals surface area contributed by atoms with Crippen molar-refractivity contribution in [3.05, 3.63) is 0 Å². The zero-order valence-corrected chi connectivity index (χ0v) is 16.2. The molecule has 0 aromatic carbocycles. The molecule has 0 spiro atoms. The number of nitrogens with one attached hydrogen (secondary N) is 1. The second-order valence-corrected chi connectivity index (χ2v) is 7.76. The highest BCUT2D eigenvalue weighted by atomic mass is 16.4. The van der Waals surface area contributed by atoms with E-state index in [1.54, 1.807) is 0 Å². The van der Waals surface area contributed by atoms with E-state index in [0.717, 1.165) is 19.3 Å². The van der Waals surface area contributed by atoms with Gasteiger partial charge >= 0.3 is 17.9 Å². The molecule has 1 saturated carbocycles. The molecule has 0 atom stereocenters. The monoisotopic (exact) mass is 438 g/mol. The van der Waals surface area contributed by atoms with Crippen molar-refractivity contribution in [1.82, 2.24) is 5.32 Å². The van der Waals surface area contributed by atoms with Crippen molar-refractivity contribution in [3.8, 4) is 0 Å². The van der Waals surface area contributed by atoms with E-state index < -0.39 is 34.5 Å². The van der Waals surface area contributed by atoms with Crippen LogP contribution in [-0.4, -0.2) is 62.9 Å². The van der Waals surface area contributed by atoms with Gasteiger partial charge in [0.15, 0.2) is 0 Å². The van der Waals surface area contributed by atoms with Crippen LogP contribution in [0.1, 0.15) is 81.1 Å². The van der Waals surface area contributed by atoms with Crippen LogP contribution in [0.3, 0.4) is 0 Å². The van der Waals surface area contributed by atoms with Gasteiger partial charge in [-0.3, -0.25) is 14.4 Å². The van der Waals surface area contributed by atoms with Crippen LogP contribution in [-0.2, 0) is 14.4 Å². The van der Waals surface area contributed by atoms with Crippen LogP contribution in [0, 0.1) is 0 Å². The molecule has 0 radical (unpaired) electrons. The molecule has 1 aliphatic heterocycles. The highest BCUT2D eigenvalue weighted by Crippen LogP contribution is 2.25. The van der Waals surface area contributed by atoms with Crippen LogP contribution in [0.5, 0.6) is 0 Å². The minimum absolute atomic E-state index is 0. The van der Waals surface area contributed by atoms with Gasteiger partial charge in [-0.1, -0.05) is 41.5 Å². The van der Waals surface area contributed by atoms with Crippen molar-refractivity contribution in [2.24, 2.45) is 17.2 Å². The largest absolute Gasteiger partial charge is 0.480 e. The van der Waals surface area contributed by atoms with Gasteiger partial charge in [-0.05, 0) is 52.6 Å². The van der Waals surface area contributed by atoms with Gasteiger partial charge in [0.05, 0.1) is 0 Å². The highest BCUT2D eigenvalue weighted by Gasteiger charge is 2.35. The summed E-state index contributed by atoms with van der Waals surface area (Å²) in [6.07, 6.45) is 5.40. The lowest BCUT2D eigenvalue weighted by molar-refractivity contribution is -0.145. The Labute approximate surface area is 181 Å². The molecular formula is C20H46N4O6. The van der Waals surface area contributed by atoms with E-state index in [1.165, 1.54) is 13.8 Å². The third kappa shape index (κ3) is 12.7. The Morgan fingerprint density at radius 3 is 1.27 bits per heavy atom. The van der Waals surface area contributed by atoms with Gasteiger partial charge in [-0.25, -0.2) is 0 Å². The van der Waals surface area contributed by atoms with Crippen LogP contribution in [0.4, 0.5) is 0 Å². The first-order valence-electron chi connectivity index (χ1n) is 9.02. The summed E-state index contributed by atoms with van der Waals surface area (Å²) in [7, 11) is 0. The summed E-state index contributed by atoms with van der Waals surface area (Å²) in [6, 6.07) is 0. The first-order valence-corrected chi connectivity index (χ1v) is 9.02. The number of hydrogen-bond acceptors (Lipinski definition) is 7. The van der Waals surface area contributed by atoms with Crippen LogP contribution in [0.15, 0.2) is 0 Å². The normalized spacial score (nSPS) is 18.7. The lowest BCUT2D eigenvalue weighted by Gasteiger charge is -2.29. The summed E-state index contributed by atoms with van der Waals surface area (Å²) >= 11 is 0. The fraction of sp³-hybridized carbons (Fsp3) is 0.850. The van der Waals surface area contributed by atoms with Crippen molar-refractivity contribution in [3.63, 3.8) is 0 Å². The maximum Gasteiger partial charge on any atom is 0.323 e. The Kier molecular flexibility index (Phi) is 18.0. The molecule has 10 N–H and O–H groups in total. The van der Waals surface area contributed by atoms with Crippen LogP contribution in [0.25, 0.3) is 0 Å². The first kappa shape index (κ1) is 35.7. The minimum atomic E-state index is -1.08. The third-order valence-electron chi connectivity index (χ3n) is 4.64. The van der Waals surface area contributed by atoms with Crippen molar-refractivity contribution in [2.75, 3.05) is 13.1 Å². The van der Waals surface area contributed by atoms with Gasteiger partial charge < -0.3 is 37.8 Å². The van der Waals surface area contributed by atoms with Crippen molar-refractivity contribution >= 4 is 17.9 Å². The maximum atomic E-state index is 10.6. The van der Waals surface area contributed by atoms with E-state index in [4.69, 9.17) is 32.5 Å². The molecule has 0 aromatic rings. The quantitative estimate of drug-likeness (QED) is 0.339. The van der Waals surface area contributed by atoms with Crippen LogP contribution >= 0.6 is 0 Å². The van der Waals surface area contributed by atoms with Crippen molar-refractivity contribution in [2.45, 2.75) is 97.7 Å². The lowest BCUT2D eigenvalue weighted by atomic mass is 9.83. The van der Waals surface area contributed by atoms with E-state index in [1.807, 2.05) is 0 Å². The number of carboxylic acid groups (broad SMARTS) is 3. The molecule has 0 aromatic heterocycles. The summed E-state index contributed by atoms with van der Waals surface area (Å²) in [4.78, 5) is 31.0. The molecule has 2 aliphatic rings. The van der Waals surface area contributed by atoms with E-state index in [-0.39, 0.29) is 22.3 Å². The predicted octanol–water partition coefficient (Wildman–Crippen LogP) is 1.60. The van der Waals surface area contributed by atoms with Crippen LogP contribution in [0.2, 0.25) is 0 Å². The number of rotatable bonds is 3. The van der Waals surface area contributed by atoms with Gasteiger partial charge in [-0.15, -0.1) is 0 Å². The standard InChI is InChI=1S/C7H13NO2.C6H12N2O2.C4H9NO2.3CH4/c8-7(6(9)10)4-2-1-3-5-7;7-6(5(9)10)1-3-8-4-2-6;1-4(2,5)3(6)7;;;/h1-5,8H2,(H,9,10);8H,1-4,7H2,(H,9,10);5H2,1-2H3,(H,6,7);3*1H4. The fourth-order valence-corrected chi connectivity index (χ4v) is 2.48. The van der Waals surface area contributed by atoms with E-state index in [2.05, 4.69) is 5.32 Å². The van der Waals surface area contributed by atoms with Gasteiger partial charge in [0.2, 0.25) is 0 Å². The molecule has 182 valence electrons. The Hall–Kier alpha value is -1.75. The van der Waals surface area contributed by atoms with Crippen LogP contribution < -0.4 is 22.5 Å². The molecule has 1 aliphatic carbocycles. The fourth-order valence-electron chi connectivity index (χ4n) is 2.48. The lowest BCUT2D eigenvalue weighted by Crippen LogP contribution is -2.54. The summed E-state index contributed by atoms with van der Waals surface area (Å²) in [6.45, 7) is 4.30. The zero-order valence-electron chi connectivity index (χ0n) is 16.2. The average molecular weight is 439 g/mol. The van der Waals surface area contributed by atoms with Gasteiger partial charge in [0.25, 0.3) is 0 Å². The smallest absolute Gasteiger partial charge is 0.323 e. The Morgan fingerprint density at radius 1 is 0.767 bits per heavy atom. The number of carbonyl (C=O) groups is 3. The molecule has 30 heavy (non-hydrogen) atoms. The number of piperidine rings is 1. The Morgan fingerprint density at radius 2 is 1.07 bits per heavy atom. The number of aliphatic carboxylic acids is 3. The van der Waals surface area contributed by atoms with E-state index in [0.29, 0.717) is 38.8 Å². The number of nitrogens with two attached hydrogens (primary N) is 3. The molecule has 1 heterocycles. The maximum absolute atomic E-state index is 10.6. The molecule has 1 saturated heterocycles. The van der Waals surface area contributed by atoms with Crippen molar-refractivity contribution in [1.29, 1.82) is 0 Å². The third-order valence-corrected chi connectivity index (χ3v) is 4.64. The summed E-state index contributed by atoms with van der Waals surface area (Å²) in [5.74, 6) is -2.70. The summed E-state index contributed by atoms with van der Waals surface area (Å²) in [5, 5.41) is 28.5. The first-order chi connectivity index (χ1) is 12.2. The highest BCUT2D eigenvalue weighted by molar-refractivity contribution is 5.79. The van der Waals surface area contributed by atoms with Crippen molar-refractivity contribution < 1.29 is 29.7 Å². The van der Waals surface area contributed by atoms with Gasteiger partial charge in [0.1, 0.15) is 16.6 Å². The topological polar surface area (TPSA) is 202 Å². The summed E-state index contributed by atoms with van der Waals surface area (Å²) in [5.41, 5.74) is 13.3. The molecule has 2 rings (SSSR count). The minimum Gasteiger partial charge on any atom is -0.480 e. The second kappa shape index (κ2) is 15.1. The molecule has 10 heteroatoms. The SMILES string of the molecule is C.C.C.CC(C)(N)C(=O)O.NC1(C(=O)O)CCCCC1.NC1(C(=O)O)CCNCC1. The number of hydrogen-bond donors (Lipinski definition) is 7. The molecular weight excluding hydrogens is 392 g/mol. The molecule has 2 fully saturated rings. The predicted molar refractivity (Wildman–Crippen MR) is 120 cm³/mol. The molecule has 0 unspecified atom stereocenters. The molecule has 0 bridgehead atoms. The molecule has 0 amide bonds. The van der Waals surface area contributed by atoms with Gasteiger partial charge in [0, 0.05) is 0 Å². The average Bonchev–Trinajstić information content (AvgIpc) is 2.56. The van der Waals surface area contributed by atoms with E-state index in [9.17, 15) is 14.4 Å². The zero-order chi connectivity index (χ0) is 21.3. The summed E-state index contributed by atoms with van der Waals surface area (Å²) < 4.78 is 0. The van der Waals surface area contributed by atoms with E-state index >= 15 is 0 Å². The Balaban J connectivity index is -0.000000164. The Bertz CT molecular complexity index is 474. The molecule has 10 nitrogen and oxygen atoms in total. The van der Waals surface area contributed by atoms with Gasteiger partial charge in [-0.2, -0.15) is 0 Å². The number of carboxylic acids is 3. The second-order valence-electron chi connectivity index (χ2n) is 7.76.